The minimum Gasteiger partial charge on any atom is -0.374 e. The molecule has 0 saturated heterocycles. The normalized spacial score (nSPS) is 12.1. The van der Waals surface area contributed by atoms with E-state index in [4.69, 9.17) is 10.00 Å². The van der Waals surface area contributed by atoms with Gasteiger partial charge in [0.15, 0.2) is 0 Å². The van der Waals surface area contributed by atoms with Crippen molar-refractivity contribution in [1.29, 1.82) is 5.26 Å². The van der Waals surface area contributed by atoms with Crippen molar-refractivity contribution >= 4 is 0 Å². The maximum Gasteiger partial charge on any atom is 0.130 e. The van der Waals surface area contributed by atoms with Gasteiger partial charge >= 0.3 is 0 Å². The SMILES string of the molecule is CCCC(C)OCc1ccc(C#N)cc1F. The molecule has 1 unspecified atom stereocenters. The summed E-state index contributed by atoms with van der Waals surface area (Å²) < 4.78 is 18.9. The van der Waals surface area contributed by atoms with Crippen LogP contribution >= 0.6 is 0 Å². The minimum absolute atomic E-state index is 0.139. The molecule has 1 aromatic carbocycles. The molecule has 0 heterocycles. The van der Waals surface area contributed by atoms with Gasteiger partial charge in [0, 0.05) is 5.56 Å². The number of ether oxygens (including phenoxy) is 1. The molecule has 1 aromatic rings. The highest BCUT2D eigenvalue weighted by Crippen LogP contribution is 2.13. The number of rotatable bonds is 5. The van der Waals surface area contributed by atoms with Crippen LogP contribution in [0.25, 0.3) is 0 Å². The molecule has 0 aliphatic rings. The maximum atomic E-state index is 13.4. The summed E-state index contributed by atoms with van der Waals surface area (Å²) in [5.41, 5.74) is 0.838. The van der Waals surface area contributed by atoms with E-state index in [1.54, 1.807) is 12.1 Å². The van der Waals surface area contributed by atoms with E-state index >= 15 is 0 Å². The van der Waals surface area contributed by atoms with Crippen molar-refractivity contribution < 1.29 is 9.13 Å². The van der Waals surface area contributed by atoms with Crippen LogP contribution in [-0.2, 0) is 11.3 Å². The lowest BCUT2D eigenvalue weighted by Crippen LogP contribution is -2.08. The molecule has 0 fully saturated rings. The van der Waals surface area contributed by atoms with E-state index < -0.39 is 0 Å². The van der Waals surface area contributed by atoms with Gasteiger partial charge in [0.2, 0.25) is 0 Å². The molecule has 0 aromatic heterocycles. The second kappa shape index (κ2) is 6.24. The zero-order chi connectivity index (χ0) is 12.0. The fourth-order valence-electron chi connectivity index (χ4n) is 1.46. The monoisotopic (exact) mass is 221 g/mol. The van der Waals surface area contributed by atoms with Gasteiger partial charge in [0.25, 0.3) is 0 Å². The van der Waals surface area contributed by atoms with Crippen molar-refractivity contribution in [3.05, 3.63) is 35.1 Å². The van der Waals surface area contributed by atoms with Crippen LogP contribution in [0.15, 0.2) is 18.2 Å². The van der Waals surface area contributed by atoms with Crippen LogP contribution in [0.2, 0.25) is 0 Å². The van der Waals surface area contributed by atoms with E-state index in [1.165, 1.54) is 6.07 Å². The summed E-state index contributed by atoms with van der Waals surface area (Å²) >= 11 is 0. The van der Waals surface area contributed by atoms with Gasteiger partial charge in [-0.25, -0.2) is 4.39 Å². The quantitative estimate of drug-likeness (QED) is 0.763. The van der Waals surface area contributed by atoms with Crippen LogP contribution in [0.3, 0.4) is 0 Å². The molecule has 0 spiro atoms. The Morgan fingerprint density at radius 1 is 1.50 bits per heavy atom. The van der Waals surface area contributed by atoms with Crippen molar-refractivity contribution in [2.24, 2.45) is 0 Å². The topological polar surface area (TPSA) is 33.0 Å². The first-order valence-corrected chi connectivity index (χ1v) is 5.47. The fourth-order valence-corrected chi connectivity index (χ4v) is 1.46. The summed E-state index contributed by atoms with van der Waals surface area (Å²) in [5.74, 6) is -0.372. The highest BCUT2D eigenvalue weighted by atomic mass is 19.1. The van der Waals surface area contributed by atoms with Crippen LogP contribution < -0.4 is 0 Å². The smallest absolute Gasteiger partial charge is 0.130 e. The average molecular weight is 221 g/mol. The van der Waals surface area contributed by atoms with E-state index in [1.807, 2.05) is 13.0 Å². The summed E-state index contributed by atoms with van der Waals surface area (Å²) in [7, 11) is 0. The highest BCUT2D eigenvalue weighted by molar-refractivity contribution is 5.32. The van der Waals surface area contributed by atoms with Crippen molar-refractivity contribution in [1.82, 2.24) is 0 Å². The third kappa shape index (κ3) is 3.63. The van der Waals surface area contributed by atoms with E-state index in [-0.39, 0.29) is 18.5 Å². The third-order valence-electron chi connectivity index (χ3n) is 2.40. The molecule has 3 heteroatoms. The van der Waals surface area contributed by atoms with Gasteiger partial charge in [-0.1, -0.05) is 19.4 Å². The molecule has 16 heavy (non-hydrogen) atoms. The molecule has 1 atom stereocenters. The summed E-state index contributed by atoms with van der Waals surface area (Å²) in [6.45, 7) is 4.33. The molecule has 0 amide bonds. The lowest BCUT2D eigenvalue weighted by molar-refractivity contribution is 0.0456. The number of hydrogen-bond donors (Lipinski definition) is 0. The molecule has 0 aliphatic carbocycles. The van der Waals surface area contributed by atoms with Crippen molar-refractivity contribution in [3.63, 3.8) is 0 Å². The van der Waals surface area contributed by atoms with Gasteiger partial charge in [-0.2, -0.15) is 5.26 Å². The van der Waals surface area contributed by atoms with Crippen LogP contribution in [0.1, 0.15) is 37.8 Å². The van der Waals surface area contributed by atoms with E-state index in [0.717, 1.165) is 12.8 Å². The highest BCUT2D eigenvalue weighted by Gasteiger charge is 2.06. The molecule has 0 radical (unpaired) electrons. The Bertz CT molecular complexity index is 384. The summed E-state index contributed by atoms with van der Waals surface area (Å²) in [4.78, 5) is 0. The molecule has 0 saturated carbocycles. The lowest BCUT2D eigenvalue weighted by atomic mass is 10.1. The van der Waals surface area contributed by atoms with E-state index in [9.17, 15) is 4.39 Å². The summed E-state index contributed by atoms with van der Waals surface area (Å²) in [5, 5.41) is 8.59. The van der Waals surface area contributed by atoms with Gasteiger partial charge in [-0.05, 0) is 25.5 Å². The van der Waals surface area contributed by atoms with Crippen LogP contribution in [0.4, 0.5) is 4.39 Å². The number of nitrogens with zero attached hydrogens (tertiary/aromatic N) is 1. The zero-order valence-electron chi connectivity index (χ0n) is 9.66. The van der Waals surface area contributed by atoms with Crippen LogP contribution in [0, 0.1) is 17.1 Å². The minimum atomic E-state index is -0.372. The summed E-state index contributed by atoms with van der Waals surface area (Å²) in [6, 6.07) is 6.35. The van der Waals surface area contributed by atoms with Crippen molar-refractivity contribution in [2.75, 3.05) is 0 Å². The lowest BCUT2D eigenvalue weighted by Gasteiger charge is -2.12. The van der Waals surface area contributed by atoms with E-state index in [0.29, 0.717) is 11.1 Å². The maximum absolute atomic E-state index is 13.4. The Balaban J connectivity index is 2.58. The molecule has 0 aliphatic heterocycles. The van der Waals surface area contributed by atoms with Gasteiger partial charge in [0.05, 0.1) is 24.3 Å². The molecule has 1 rings (SSSR count). The number of halogens is 1. The van der Waals surface area contributed by atoms with Gasteiger partial charge in [0.1, 0.15) is 5.82 Å². The van der Waals surface area contributed by atoms with Gasteiger partial charge < -0.3 is 4.74 Å². The zero-order valence-corrected chi connectivity index (χ0v) is 9.66. The second-order valence-electron chi connectivity index (χ2n) is 3.83. The number of hydrogen-bond acceptors (Lipinski definition) is 2. The molecule has 2 nitrogen and oxygen atoms in total. The Kier molecular flexibility index (Phi) is 4.94. The first-order valence-electron chi connectivity index (χ1n) is 5.47. The predicted octanol–water partition coefficient (Wildman–Crippen LogP) is 3.40. The molecule has 86 valence electrons. The Hall–Kier alpha value is -1.40. The Morgan fingerprint density at radius 3 is 2.81 bits per heavy atom. The Morgan fingerprint density at radius 2 is 2.25 bits per heavy atom. The van der Waals surface area contributed by atoms with Crippen molar-refractivity contribution in [2.45, 2.75) is 39.4 Å². The predicted molar refractivity (Wildman–Crippen MR) is 60.3 cm³/mol. The number of nitriles is 1. The van der Waals surface area contributed by atoms with Gasteiger partial charge in [-0.3, -0.25) is 0 Å². The largest absolute Gasteiger partial charge is 0.374 e. The van der Waals surface area contributed by atoms with Crippen molar-refractivity contribution in [3.8, 4) is 6.07 Å². The Labute approximate surface area is 95.7 Å². The van der Waals surface area contributed by atoms with Gasteiger partial charge in [-0.15, -0.1) is 0 Å². The molecule has 0 bridgehead atoms. The average Bonchev–Trinajstić information content (AvgIpc) is 2.27. The molecular weight excluding hydrogens is 205 g/mol. The second-order valence-corrected chi connectivity index (χ2v) is 3.83. The third-order valence-corrected chi connectivity index (χ3v) is 2.40. The standard InChI is InChI=1S/C13H16FNO/c1-3-4-10(2)16-9-12-6-5-11(8-15)7-13(12)14/h5-7,10H,3-4,9H2,1-2H3. The van der Waals surface area contributed by atoms with E-state index in [2.05, 4.69) is 6.92 Å². The number of benzene rings is 1. The molecule has 0 N–H and O–H groups in total. The van der Waals surface area contributed by atoms with Crippen LogP contribution in [-0.4, -0.2) is 6.10 Å². The first kappa shape index (κ1) is 12.7. The molecular formula is C13H16FNO. The van der Waals surface area contributed by atoms with Crippen LogP contribution in [0.5, 0.6) is 0 Å². The first-order chi connectivity index (χ1) is 7.67. The summed E-state index contributed by atoms with van der Waals surface area (Å²) in [6.07, 6.45) is 2.16. The fraction of sp³-hybridized carbons (Fsp3) is 0.462.